The van der Waals surface area contributed by atoms with Gasteiger partial charge in [0.25, 0.3) is 11.8 Å². The van der Waals surface area contributed by atoms with Crippen LogP contribution in [0.25, 0.3) is 0 Å². The zero-order chi connectivity index (χ0) is 20.6. The van der Waals surface area contributed by atoms with Crippen LogP contribution in [0.15, 0.2) is 48.5 Å². The third-order valence-electron chi connectivity index (χ3n) is 4.89. The van der Waals surface area contributed by atoms with Crippen LogP contribution in [-0.4, -0.2) is 49.3 Å². The molecule has 2 aromatic rings. The van der Waals surface area contributed by atoms with Crippen LogP contribution in [0.4, 0.5) is 11.4 Å². The molecule has 0 saturated carbocycles. The Morgan fingerprint density at radius 1 is 0.828 bits per heavy atom. The van der Waals surface area contributed by atoms with Crippen molar-refractivity contribution in [3.05, 3.63) is 59.7 Å². The summed E-state index contributed by atoms with van der Waals surface area (Å²) < 4.78 is 0. The molecule has 1 aliphatic heterocycles. The van der Waals surface area contributed by atoms with Gasteiger partial charge in [-0.05, 0) is 67.8 Å². The molecule has 7 nitrogen and oxygen atoms in total. The van der Waals surface area contributed by atoms with Gasteiger partial charge in [0.2, 0.25) is 5.91 Å². The molecule has 0 spiro atoms. The molecule has 0 unspecified atom stereocenters. The largest absolute Gasteiger partial charge is 0.376 e. The molecule has 0 bridgehead atoms. The van der Waals surface area contributed by atoms with Crippen molar-refractivity contribution in [2.24, 2.45) is 0 Å². The lowest BCUT2D eigenvalue weighted by molar-refractivity contribution is -0.114. The standard InChI is InChI=1S/C22H26N4O3/c1-23-21(28)16-5-11-19(12-6-16)25-20(27)15-24-18-9-7-17(8-10-18)22(29)26-13-3-2-4-14-26/h5-12,24H,2-4,13-15H2,1H3,(H,23,28)(H,25,27). The summed E-state index contributed by atoms with van der Waals surface area (Å²) in [4.78, 5) is 38.0. The molecular weight excluding hydrogens is 368 g/mol. The minimum Gasteiger partial charge on any atom is -0.376 e. The zero-order valence-corrected chi connectivity index (χ0v) is 16.5. The summed E-state index contributed by atoms with van der Waals surface area (Å²) >= 11 is 0. The van der Waals surface area contributed by atoms with Crippen molar-refractivity contribution in [1.82, 2.24) is 10.2 Å². The average Bonchev–Trinajstić information content (AvgIpc) is 2.78. The second kappa shape index (κ2) is 9.73. The molecule has 3 N–H and O–H groups in total. The van der Waals surface area contributed by atoms with Crippen LogP contribution >= 0.6 is 0 Å². The molecule has 0 aromatic heterocycles. The fourth-order valence-electron chi connectivity index (χ4n) is 3.25. The summed E-state index contributed by atoms with van der Waals surface area (Å²) in [5.74, 6) is -0.313. The predicted molar refractivity (Wildman–Crippen MR) is 113 cm³/mol. The summed E-state index contributed by atoms with van der Waals surface area (Å²) in [5, 5.41) is 8.37. The molecule has 29 heavy (non-hydrogen) atoms. The van der Waals surface area contributed by atoms with Crippen molar-refractivity contribution in [1.29, 1.82) is 0 Å². The molecular formula is C22H26N4O3. The van der Waals surface area contributed by atoms with Crippen molar-refractivity contribution in [3.8, 4) is 0 Å². The Morgan fingerprint density at radius 3 is 2.03 bits per heavy atom. The number of hydrogen-bond donors (Lipinski definition) is 3. The monoisotopic (exact) mass is 394 g/mol. The molecule has 1 fully saturated rings. The molecule has 1 heterocycles. The Balaban J connectivity index is 1.48. The van der Waals surface area contributed by atoms with E-state index in [9.17, 15) is 14.4 Å². The first-order chi connectivity index (χ1) is 14.1. The van der Waals surface area contributed by atoms with Gasteiger partial charge in [-0.15, -0.1) is 0 Å². The van der Waals surface area contributed by atoms with Gasteiger partial charge in [-0.2, -0.15) is 0 Å². The van der Waals surface area contributed by atoms with Crippen LogP contribution in [0.5, 0.6) is 0 Å². The second-order valence-corrected chi connectivity index (χ2v) is 6.99. The molecule has 3 amide bonds. The Hall–Kier alpha value is -3.35. The quantitative estimate of drug-likeness (QED) is 0.703. The first-order valence-corrected chi connectivity index (χ1v) is 9.82. The summed E-state index contributed by atoms with van der Waals surface area (Å²) in [5.41, 5.74) is 2.58. The van der Waals surface area contributed by atoms with Gasteiger partial charge in [-0.1, -0.05) is 0 Å². The molecule has 152 valence electrons. The molecule has 0 aliphatic carbocycles. The Bertz CT molecular complexity index is 857. The highest BCUT2D eigenvalue weighted by Gasteiger charge is 2.17. The number of anilines is 2. The van der Waals surface area contributed by atoms with Crippen molar-refractivity contribution in [2.75, 3.05) is 37.3 Å². The van der Waals surface area contributed by atoms with E-state index in [4.69, 9.17) is 0 Å². The van der Waals surface area contributed by atoms with Crippen LogP contribution in [-0.2, 0) is 4.79 Å². The van der Waals surface area contributed by atoms with Crippen LogP contribution in [0, 0.1) is 0 Å². The normalized spacial score (nSPS) is 13.5. The van der Waals surface area contributed by atoms with Gasteiger partial charge in [0.1, 0.15) is 0 Å². The van der Waals surface area contributed by atoms with Crippen LogP contribution in [0.2, 0.25) is 0 Å². The zero-order valence-electron chi connectivity index (χ0n) is 16.5. The number of carbonyl (C=O) groups excluding carboxylic acids is 3. The number of rotatable bonds is 6. The molecule has 3 rings (SSSR count). The maximum atomic E-state index is 12.5. The van der Waals surface area contributed by atoms with Crippen LogP contribution < -0.4 is 16.0 Å². The number of piperidine rings is 1. The summed E-state index contributed by atoms with van der Waals surface area (Å²) in [7, 11) is 1.57. The first-order valence-electron chi connectivity index (χ1n) is 9.82. The van der Waals surface area contributed by atoms with Gasteiger partial charge in [-0.25, -0.2) is 0 Å². The second-order valence-electron chi connectivity index (χ2n) is 6.99. The van der Waals surface area contributed by atoms with E-state index in [-0.39, 0.29) is 24.3 Å². The molecule has 1 saturated heterocycles. The highest BCUT2D eigenvalue weighted by molar-refractivity contribution is 5.97. The number of benzene rings is 2. The van der Waals surface area contributed by atoms with E-state index in [1.807, 2.05) is 17.0 Å². The number of carbonyl (C=O) groups is 3. The van der Waals surface area contributed by atoms with E-state index < -0.39 is 0 Å². The van der Waals surface area contributed by atoms with Crippen molar-refractivity contribution in [3.63, 3.8) is 0 Å². The molecule has 2 aromatic carbocycles. The fraction of sp³-hybridized carbons (Fsp3) is 0.318. The summed E-state index contributed by atoms with van der Waals surface area (Å²) in [6.07, 6.45) is 3.32. The van der Waals surface area contributed by atoms with Gasteiger partial charge in [0.05, 0.1) is 6.54 Å². The number of nitrogens with one attached hydrogen (secondary N) is 3. The SMILES string of the molecule is CNC(=O)c1ccc(NC(=O)CNc2ccc(C(=O)N3CCCCC3)cc2)cc1. The minimum absolute atomic E-state index is 0.0641. The lowest BCUT2D eigenvalue weighted by Gasteiger charge is -2.26. The van der Waals surface area contributed by atoms with E-state index in [1.54, 1.807) is 43.4 Å². The molecule has 1 aliphatic rings. The maximum Gasteiger partial charge on any atom is 0.253 e. The van der Waals surface area contributed by atoms with Gasteiger partial charge in [0.15, 0.2) is 0 Å². The summed E-state index contributed by atoms with van der Waals surface area (Å²) in [6, 6.07) is 13.9. The third kappa shape index (κ3) is 5.57. The predicted octanol–water partition coefficient (Wildman–Crippen LogP) is 2.72. The minimum atomic E-state index is -0.203. The Kier molecular flexibility index (Phi) is 6.84. The van der Waals surface area contributed by atoms with Gasteiger partial charge in [0, 0.05) is 42.6 Å². The Labute approximate surface area is 170 Å². The highest BCUT2D eigenvalue weighted by Crippen LogP contribution is 2.15. The first kappa shape index (κ1) is 20.4. The third-order valence-corrected chi connectivity index (χ3v) is 4.89. The van der Waals surface area contributed by atoms with Crippen LogP contribution in [0.3, 0.4) is 0 Å². The topological polar surface area (TPSA) is 90.5 Å². The van der Waals surface area contributed by atoms with Crippen LogP contribution in [0.1, 0.15) is 40.0 Å². The van der Waals surface area contributed by atoms with E-state index in [2.05, 4.69) is 16.0 Å². The van der Waals surface area contributed by atoms with Crippen molar-refractivity contribution in [2.45, 2.75) is 19.3 Å². The van der Waals surface area contributed by atoms with E-state index in [0.29, 0.717) is 16.8 Å². The highest BCUT2D eigenvalue weighted by atomic mass is 16.2. The molecule has 7 heteroatoms. The molecule has 0 atom stereocenters. The molecule has 0 radical (unpaired) electrons. The van der Waals surface area contributed by atoms with E-state index in [1.165, 1.54) is 6.42 Å². The lowest BCUT2D eigenvalue weighted by Crippen LogP contribution is -2.35. The van der Waals surface area contributed by atoms with E-state index >= 15 is 0 Å². The van der Waals surface area contributed by atoms with Gasteiger partial charge in [-0.3, -0.25) is 14.4 Å². The number of likely N-dealkylation sites (tertiary alicyclic amines) is 1. The Morgan fingerprint density at radius 2 is 1.41 bits per heavy atom. The van der Waals surface area contributed by atoms with Crippen molar-refractivity contribution >= 4 is 29.1 Å². The number of hydrogen-bond acceptors (Lipinski definition) is 4. The number of nitrogens with zero attached hydrogens (tertiary/aromatic N) is 1. The summed E-state index contributed by atoms with van der Waals surface area (Å²) in [6.45, 7) is 1.74. The van der Waals surface area contributed by atoms with E-state index in [0.717, 1.165) is 31.6 Å². The van der Waals surface area contributed by atoms with Gasteiger partial charge >= 0.3 is 0 Å². The average molecular weight is 394 g/mol. The number of amides is 3. The smallest absolute Gasteiger partial charge is 0.253 e. The lowest BCUT2D eigenvalue weighted by atomic mass is 10.1. The maximum absolute atomic E-state index is 12.5. The fourth-order valence-corrected chi connectivity index (χ4v) is 3.25. The van der Waals surface area contributed by atoms with Gasteiger partial charge < -0.3 is 20.9 Å². The van der Waals surface area contributed by atoms with Crippen molar-refractivity contribution < 1.29 is 14.4 Å².